The Labute approximate surface area is 97.9 Å². The van der Waals surface area contributed by atoms with E-state index in [1.54, 1.807) is 0 Å². The highest BCUT2D eigenvalue weighted by molar-refractivity contribution is 9.11. The van der Waals surface area contributed by atoms with Crippen molar-refractivity contribution in [2.75, 3.05) is 0 Å². The monoisotopic (exact) mass is 274 g/mol. The van der Waals surface area contributed by atoms with Gasteiger partial charge in [-0.05, 0) is 19.9 Å². The molecule has 0 aromatic rings. The van der Waals surface area contributed by atoms with Crippen LogP contribution in [0.4, 0.5) is 0 Å². The van der Waals surface area contributed by atoms with Crippen molar-refractivity contribution in [2.45, 2.75) is 43.9 Å². The maximum absolute atomic E-state index is 10.2. The Balaban J connectivity index is 2.27. The Morgan fingerprint density at radius 1 is 1.60 bits per heavy atom. The third-order valence-corrected chi connectivity index (χ3v) is 3.75. The van der Waals surface area contributed by atoms with E-state index in [-0.39, 0.29) is 12.2 Å². The van der Waals surface area contributed by atoms with Crippen LogP contribution in [0.15, 0.2) is 23.2 Å². The molecular formula is C11H15BrO3. The molecule has 2 aliphatic rings. The molecule has 2 rings (SSSR count). The van der Waals surface area contributed by atoms with Gasteiger partial charge in [0.05, 0.1) is 6.10 Å². The Bertz CT molecular complexity index is 324. The zero-order valence-electron chi connectivity index (χ0n) is 8.87. The summed E-state index contributed by atoms with van der Waals surface area (Å²) in [6.45, 7) is 7.39. The lowest BCUT2D eigenvalue weighted by molar-refractivity contribution is -0.145. The summed E-state index contributed by atoms with van der Waals surface area (Å²) in [5.74, 6) is -0.578. The quantitative estimate of drug-likeness (QED) is 0.745. The number of rotatable bonds is 1. The first-order chi connectivity index (χ1) is 6.86. The molecule has 3 nitrogen and oxygen atoms in total. The summed E-state index contributed by atoms with van der Waals surface area (Å²) in [5, 5.41) is 10.2. The minimum atomic E-state index is -1.02. The molecule has 3 atom stereocenters. The average Bonchev–Trinajstić information content (AvgIpc) is 2.40. The summed E-state index contributed by atoms with van der Waals surface area (Å²) in [6.07, 6.45) is 3.66. The summed E-state index contributed by atoms with van der Waals surface area (Å²) in [5.41, 5.74) is -1.02. The fraction of sp³-hybridized carbons (Fsp3) is 0.636. The Hall–Kier alpha value is -0.160. The summed E-state index contributed by atoms with van der Waals surface area (Å²) in [6, 6.07) is 0. The Morgan fingerprint density at radius 2 is 2.27 bits per heavy atom. The van der Waals surface area contributed by atoms with Crippen LogP contribution in [0, 0.1) is 0 Å². The predicted octanol–water partition coefficient (Wildman–Crippen LogP) is 2.11. The molecule has 1 unspecified atom stereocenters. The SMILES string of the molecule is C=CC1(O)C[C@H]2OC(C)(C)O[C@H]2C=C1Br. The lowest BCUT2D eigenvalue weighted by atomic mass is 9.88. The minimum absolute atomic E-state index is 0.0883. The second-order valence-electron chi connectivity index (χ2n) is 4.49. The second-order valence-corrected chi connectivity index (χ2v) is 5.34. The molecule has 0 spiro atoms. The molecule has 0 aromatic carbocycles. The smallest absolute Gasteiger partial charge is 0.164 e. The van der Waals surface area contributed by atoms with E-state index in [2.05, 4.69) is 22.5 Å². The van der Waals surface area contributed by atoms with Crippen LogP contribution < -0.4 is 0 Å². The van der Waals surface area contributed by atoms with E-state index in [0.29, 0.717) is 10.9 Å². The van der Waals surface area contributed by atoms with Gasteiger partial charge in [0, 0.05) is 10.9 Å². The lowest BCUT2D eigenvalue weighted by Crippen LogP contribution is -2.40. The van der Waals surface area contributed by atoms with Crippen LogP contribution in [-0.4, -0.2) is 28.7 Å². The van der Waals surface area contributed by atoms with E-state index in [1.165, 1.54) is 6.08 Å². The molecule has 0 bridgehead atoms. The van der Waals surface area contributed by atoms with Gasteiger partial charge in [-0.1, -0.05) is 28.6 Å². The summed E-state index contributed by atoms with van der Waals surface area (Å²) in [7, 11) is 0. The van der Waals surface area contributed by atoms with E-state index in [1.807, 2.05) is 19.9 Å². The molecule has 1 heterocycles. The first-order valence-electron chi connectivity index (χ1n) is 4.96. The number of ether oxygens (including phenoxy) is 2. The van der Waals surface area contributed by atoms with Crippen molar-refractivity contribution in [2.24, 2.45) is 0 Å². The van der Waals surface area contributed by atoms with Gasteiger partial charge in [-0.15, -0.1) is 0 Å². The van der Waals surface area contributed by atoms with Gasteiger partial charge in [0.25, 0.3) is 0 Å². The largest absolute Gasteiger partial charge is 0.380 e. The summed E-state index contributed by atoms with van der Waals surface area (Å²) >= 11 is 3.35. The molecule has 0 amide bonds. The fourth-order valence-corrected chi connectivity index (χ4v) is 2.62. The van der Waals surface area contributed by atoms with Crippen molar-refractivity contribution in [3.63, 3.8) is 0 Å². The number of aliphatic hydroxyl groups is 1. The third-order valence-electron chi connectivity index (χ3n) is 2.80. The zero-order chi connectivity index (χ0) is 11.3. The van der Waals surface area contributed by atoms with Crippen molar-refractivity contribution < 1.29 is 14.6 Å². The van der Waals surface area contributed by atoms with Crippen LogP contribution in [0.5, 0.6) is 0 Å². The second kappa shape index (κ2) is 3.42. The molecule has 1 saturated heterocycles. The summed E-state index contributed by atoms with van der Waals surface area (Å²) < 4.78 is 12.1. The molecule has 1 aliphatic carbocycles. The molecule has 0 radical (unpaired) electrons. The molecule has 0 aromatic heterocycles. The highest BCUT2D eigenvalue weighted by atomic mass is 79.9. The molecule has 1 aliphatic heterocycles. The van der Waals surface area contributed by atoms with Crippen molar-refractivity contribution in [3.05, 3.63) is 23.2 Å². The first kappa shape index (κ1) is 11.3. The van der Waals surface area contributed by atoms with Crippen LogP contribution in [0.25, 0.3) is 0 Å². The first-order valence-corrected chi connectivity index (χ1v) is 5.75. The number of fused-ring (bicyclic) bond motifs is 1. The van der Waals surface area contributed by atoms with E-state index in [0.717, 1.165) is 0 Å². The Morgan fingerprint density at radius 3 is 2.87 bits per heavy atom. The average molecular weight is 275 g/mol. The molecule has 1 N–H and O–H groups in total. The molecule has 15 heavy (non-hydrogen) atoms. The highest BCUT2D eigenvalue weighted by Crippen LogP contribution is 2.42. The van der Waals surface area contributed by atoms with Gasteiger partial charge < -0.3 is 14.6 Å². The van der Waals surface area contributed by atoms with Crippen LogP contribution in [0.2, 0.25) is 0 Å². The van der Waals surface area contributed by atoms with E-state index < -0.39 is 11.4 Å². The van der Waals surface area contributed by atoms with Crippen molar-refractivity contribution >= 4 is 15.9 Å². The van der Waals surface area contributed by atoms with Crippen LogP contribution in [0.1, 0.15) is 20.3 Å². The van der Waals surface area contributed by atoms with Gasteiger partial charge in [0.15, 0.2) is 5.79 Å². The van der Waals surface area contributed by atoms with Crippen molar-refractivity contribution in [3.8, 4) is 0 Å². The van der Waals surface area contributed by atoms with Gasteiger partial charge in [0.1, 0.15) is 11.7 Å². The standard InChI is InChI=1S/C11H15BrO3/c1-4-11(13)6-8-7(5-9(11)12)14-10(2,3)15-8/h4-5,7-8,13H,1,6H2,2-3H3/t7-,8+,11?/m0/s1. The molecule has 1 fully saturated rings. The number of hydrogen-bond acceptors (Lipinski definition) is 3. The van der Waals surface area contributed by atoms with Crippen LogP contribution in [-0.2, 0) is 9.47 Å². The fourth-order valence-electron chi connectivity index (χ4n) is 2.04. The van der Waals surface area contributed by atoms with Gasteiger partial charge in [0.2, 0.25) is 0 Å². The number of halogens is 1. The van der Waals surface area contributed by atoms with E-state index >= 15 is 0 Å². The molecule has 0 saturated carbocycles. The third kappa shape index (κ3) is 1.91. The molecular weight excluding hydrogens is 260 g/mol. The van der Waals surface area contributed by atoms with Gasteiger partial charge in [-0.25, -0.2) is 0 Å². The molecule has 84 valence electrons. The Kier molecular flexibility index (Phi) is 2.58. The van der Waals surface area contributed by atoms with Crippen LogP contribution in [0.3, 0.4) is 0 Å². The maximum Gasteiger partial charge on any atom is 0.164 e. The lowest BCUT2D eigenvalue weighted by Gasteiger charge is -2.32. The number of hydrogen-bond donors (Lipinski definition) is 1. The van der Waals surface area contributed by atoms with Crippen molar-refractivity contribution in [1.82, 2.24) is 0 Å². The maximum atomic E-state index is 10.2. The van der Waals surface area contributed by atoms with Crippen LogP contribution >= 0.6 is 15.9 Å². The minimum Gasteiger partial charge on any atom is -0.380 e. The van der Waals surface area contributed by atoms with Gasteiger partial charge in [-0.2, -0.15) is 0 Å². The summed E-state index contributed by atoms with van der Waals surface area (Å²) in [4.78, 5) is 0. The van der Waals surface area contributed by atoms with E-state index in [4.69, 9.17) is 9.47 Å². The predicted molar refractivity (Wildman–Crippen MR) is 60.6 cm³/mol. The van der Waals surface area contributed by atoms with Gasteiger partial charge >= 0.3 is 0 Å². The topological polar surface area (TPSA) is 38.7 Å². The normalized spacial score (nSPS) is 43.3. The molecule has 4 heteroatoms. The van der Waals surface area contributed by atoms with Gasteiger partial charge in [-0.3, -0.25) is 0 Å². The highest BCUT2D eigenvalue weighted by Gasteiger charge is 2.47. The van der Waals surface area contributed by atoms with E-state index in [9.17, 15) is 5.11 Å². The zero-order valence-corrected chi connectivity index (χ0v) is 10.5. The van der Waals surface area contributed by atoms with Crippen molar-refractivity contribution in [1.29, 1.82) is 0 Å².